The SMILES string of the molecule is Cc1cc(CC(C)C)sc1S(N)(=O)=O. The molecule has 1 heterocycles. The molecule has 14 heavy (non-hydrogen) atoms. The number of sulfonamides is 1. The van der Waals surface area contributed by atoms with Crippen LogP contribution in [0.25, 0.3) is 0 Å². The van der Waals surface area contributed by atoms with Crippen LogP contribution >= 0.6 is 11.3 Å². The lowest BCUT2D eigenvalue weighted by atomic mass is 10.1. The first-order valence-electron chi connectivity index (χ1n) is 4.43. The molecule has 0 aliphatic rings. The van der Waals surface area contributed by atoms with Crippen molar-refractivity contribution in [3.8, 4) is 0 Å². The van der Waals surface area contributed by atoms with E-state index in [1.165, 1.54) is 11.3 Å². The fourth-order valence-electron chi connectivity index (χ4n) is 1.31. The van der Waals surface area contributed by atoms with Crippen molar-refractivity contribution in [2.24, 2.45) is 11.1 Å². The van der Waals surface area contributed by atoms with Crippen molar-refractivity contribution in [2.75, 3.05) is 0 Å². The summed E-state index contributed by atoms with van der Waals surface area (Å²) in [6.07, 6.45) is 0.904. The van der Waals surface area contributed by atoms with E-state index in [1.54, 1.807) is 6.92 Å². The molecular formula is C9H15NO2S2. The van der Waals surface area contributed by atoms with Gasteiger partial charge in [0.05, 0.1) is 0 Å². The van der Waals surface area contributed by atoms with Gasteiger partial charge in [0, 0.05) is 4.88 Å². The van der Waals surface area contributed by atoms with E-state index < -0.39 is 10.0 Å². The van der Waals surface area contributed by atoms with Crippen molar-refractivity contribution >= 4 is 21.4 Å². The monoisotopic (exact) mass is 233 g/mol. The van der Waals surface area contributed by atoms with Gasteiger partial charge in [0.1, 0.15) is 4.21 Å². The van der Waals surface area contributed by atoms with Crippen molar-refractivity contribution < 1.29 is 8.42 Å². The third-order valence-electron chi connectivity index (χ3n) is 1.79. The molecule has 80 valence electrons. The molecule has 1 aromatic heterocycles. The number of hydrogen-bond acceptors (Lipinski definition) is 3. The van der Waals surface area contributed by atoms with E-state index in [-0.39, 0.29) is 0 Å². The number of rotatable bonds is 3. The molecule has 0 saturated heterocycles. The average Bonchev–Trinajstić information content (AvgIpc) is 2.27. The second-order valence-corrected chi connectivity index (χ2v) is 6.72. The topological polar surface area (TPSA) is 60.2 Å². The van der Waals surface area contributed by atoms with E-state index in [4.69, 9.17) is 5.14 Å². The first kappa shape index (κ1) is 11.7. The van der Waals surface area contributed by atoms with E-state index >= 15 is 0 Å². The largest absolute Gasteiger partial charge is 0.247 e. The van der Waals surface area contributed by atoms with Crippen LogP contribution in [-0.2, 0) is 16.4 Å². The van der Waals surface area contributed by atoms with Crippen LogP contribution in [0, 0.1) is 12.8 Å². The lowest BCUT2D eigenvalue weighted by Crippen LogP contribution is -2.11. The van der Waals surface area contributed by atoms with Crippen LogP contribution in [0.5, 0.6) is 0 Å². The molecule has 0 fully saturated rings. The van der Waals surface area contributed by atoms with Crippen molar-refractivity contribution in [1.29, 1.82) is 0 Å². The Balaban J connectivity index is 3.06. The van der Waals surface area contributed by atoms with Gasteiger partial charge >= 0.3 is 0 Å². The summed E-state index contributed by atoms with van der Waals surface area (Å²) in [6.45, 7) is 5.98. The van der Waals surface area contributed by atoms with Crippen LogP contribution in [0.1, 0.15) is 24.3 Å². The smallest absolute Gasteiger partial charge is 0.224 e. The molecule has 0 amide bonds. The van der Waals surface area contributed by atoms with Gasteiger partial charge in [-0.25, -0.2) is 13.6 Å². The fourth-order valence-corrected chi connectivity index (χ4v) is 3.72. The van der Waals surface area contributed by atoms with Crippen molar-refractivity contribution in [3.63, 3.8) is 0 Å². The fraction of sp³-hybridized carbons (Fsp3) is 0.556. The third-order valence-corrected chi connectivity index (χ3v) is 4.63. The quantitative estimate of drug-likeness (QED) is 0.866. The van der Waals surface area contributed by atoms with Crippen LogP contribution in [0.15, 0.2) is 10.3 Å². The molecule has 0 aliphatic carbocycles. The Morgan fingerprint density at radius 2 is 2.07 bits per heavy atom. The van der Waals surface area contributed by atoms with E-state index in [9.17, 15) is 8.42 Å². The van der Waals surface area contributed by atoms with Crippen molar-refractivity contribution in [2.45, 2.75) is 31.4 Å². The second kappa shape index (κ2) is 4.00. The summed E-state index contributed by atoms with van der Waals surface area (Å²) < 4.78 is 22.6. The number of hydrogen-bond donors (Lipinski definition) is 1. The van der Waals surface area contributed by atoms with Gasteiger partial charge in [-0.1, -0.05) is 13.8 Å². The summed E-state index contributed by atoms with van der Waals surface area (Å²) in [6, 6.07) is 1.91. The number of aryl methyl sites for hydroxylation is 1. The molecule has 3 nitrogen and oxygen atoms in total. The summed E-state index contributed by atoms with van der Waals surface area (Å²) in [4.78, 5) is 1.08. The average molecular weight is 233 g/mol. The summed E-state index contributed by atoms with van der Waals surface area (Å²) in [5.41, 5.74) is 0.758. The van der Waals surface area contributed by atoms with Crippen LogP contribution < -0.4 is 5.14 Å². The van der Waals surface area contributed by atoms with Gasteiger partial charge in [-0.05, 0) is 30.9 Å². The van der Waals surface area contributed by atoms with Crippen molar-refractivity contribution in [3.05, 3.63) is 16.5 Å². The zero-order valence-corrected chi connectivity index (χ0v) is 10.2. The first-order valence-corrected chi connectivity index (χ1v) is 6.79. The highest BCUT2D eigenvalue weighted by Crippen LogP contribution is 2.27. The molecule has 1 rings (SSSR count). The van der Waals surface area contributed by atoms with Gasteiger partial charge in [-0.15, -0.1) is 11.3 Å². The summed E-state index contributed by atoms with van der Waals surface area (Å²) in [5, 5.41) is 5.08. The van der Waals surface area contributed by atoms with Crippen LogP contribution in [0.3, 0.4) is 0 Å². The Labute approximate surface area is 89.0 Å². The van der Waals surface area contributed by atoms with E-state index in [2.05, 4.69) is 13.8 Å². The Morgan fingerprint density at radius 3 is 2.43 bits per heavy atom. The third kappa shape index (κ3) is 2.80. The number of thiophene rings is 1. The zero-order valence-electron chi connectivity index (χ0n) is 8.57. The lowest BCUT2D eigenvalue weighted by Gasteiger charge is -1.99. The van der Waals surface area contributed by atoms with E-state index in [1.807, 2.05) is 6.07 Å². The predicted octanol–water partition coefficient (Wildman–Crippen LogP) is 1.90. The molecule has 0 unspecified atom stereocenters. The first-order chi connectivity index (χ1) is 6.30. The minimum Gasteiger partial charge on any atom is -0.224 e. The van der Waals surface area contributed by atoms with E-state index in [0.717, 1.165) is 16.9 Å². The molecule has 0 atom stereocenters. The lowest BCUT2D eigenvalue weighted by molar-refractivity contribution is 0.599. The van der Waals surface area contributed by atoms with Crippen molar-refractivity contribution in [1.82, 2.24) is 0 Å². The summed E-state index contributed by atoms with van der Waals surface area (Å²) in [7, 11) is -3.53. The van der Waals surface area contributed by atoms with Gasteiger partial charge in [0.2, 0.25) is 10.0 Å². The highest BCUT2D eigenvalue weighted by molar-refractivity contribution is 7.91. The van der Waals surface area contributed by atoms with Gasteiger partial charge in [0.15, 0.2) is 0 Å². The minimum atomic E-state index is -3.53. The highest BCUT2D eigenvalue weighted by atomic mass is 32.2. The number of nitrogens with two attached hydrogens (primary N) is 1. The zero-order chi connectivity index (χ0) is 10.9. The number of primary sulfonamides is 1. The molecule has 5 heteroatoms. The van der Waals surface area contributed by atoms with Gasteiger partial charge < -0.3 is 0 Å². The van der Waals surface area contributed by atoms with Gasteiger partial charge in [-0.2, -0.15) is 0 Å². The van der Waals surface area contributed by atoms with Crippen LogP contribution in [-0.4, -0.2) is 8.42 Å². The molecule has 0 bridgehead atoms. The Kier molecular flexibility index (Phi) is 3.34. The van der Waals surface area contributed by atoms with E-state index in [0.29, 0.717) is 10.1 Å². The standard InChI is InChI=1S/C9H15NO2S2/c1-6(2)4-8-5-7(3)9(13-8)14(10,11)12/h5-6H,4H2,1-3H3,(H2,10,11,12). The second-order valence-electron chi connectivity index (χ2n) is 3.83. The molecule has 0 saturated carbocycles. The Morgan fingerprint density at radius 1 is 1.50 bits per heavy atom. The normalized spacial score (nSPS) is 12.4. The summed E-state index contributed by atoms with van der Waals surface area (Å²) >= 11 is 1.28. The maximum absolute atomic E-state index is 11.1. The molecule has 0 radical (unpaired) electrons. The molecular weight excluding hydrogens is 218 g/mol. The predicted molar refractivity (Wildman–Crippen MR) is 59.0 cm³/mol. The summed E-state index contributed by atoms with van der Waals surface area (Å²) in [5.74, 6) is 0.529. The maximum atomic E-state index is 11.1. The van der Waals surface area contributed by atoms with Gasteiger partial charge in [-0.3, -0.25) is 0 Å². The Bertz CT molecular complexity index is 418. The van der Waals surface area contributed by atoms with Crippen LogP contribution in [0.2, 0.25) is 0 Å². The molecule has 0 aliphatic heterocycles. The van der Waals surface area contributed by atoms with Gasteiger partial charge in [0.25, 0.3) is 0 Å². The Hall–Kier alpha value is -0.390. The van der Waals surface area contributed by atoms with Crippen LogP contribution in [0.4, 0.5) is 0 Å². The molecule has 0 spiro atoms. The molecule has 1 aromatic rings. The molecule has 0 aromatic carbocycles. The molecule has 2 N–H and O–H groups in total. The highest BCUT2D eigenvalue weighted by Gasteiger charge is 2.15. The minimum absolute atomic E-state index is 0.299. The maximum Gasteiger partial charge on any atom is 0.247 e.